The molecule has 0 aliphatic heterocycles. The third-order valence-corrected chi connectivity index (χ3v) is 5.14. The molecule has 1 amide bonds. The number of hydrogen-bond donors (Lipinski definition) is 1. The van der Waals surface area contributed by atoms with Crippen LogP contribution >= 0.6 is 11.6 Å². The smallest absolute Gasteiger partial charge is 0.363 e. The van der Waals surface area contributed by atoms with Crippen LogP contribution in [0.5, 0.6) is 11.5 Å². The summed E-state index contributed by atoms with van der Waals surface area (Å²) in [7, 11) is 3.10. The molecule has 1 N–H and O–H groups in total. The molecular formula is C24H24ClN3O6. The first-order chi connectivity index (χ1) is 16.3. The van der Waals surface area contributed by atoms with Gasteiger partial charge < -0.3 is 19.5 Å². The van der Waals surface area contributed by atoms with Gasteiger partial charge in [-0.25, -0.2) is 9.48 Å². The highest BCUT2D eigenvalue weighted by atomic mass is 35.5. The van der Waals surface area contributed by atoms with E-state index in [1.165, 1.54) is 10.7 Å². The first kappa shape index (κ1) is 24.8. The van der Waals surface area contributed by atoms with Crippen LogP contribution in [0, 0.1) is 6.92 Å². The molecule has 178 valence electrons. The Balaban J connectivity index is 1.57. The lowest BCUT2D eigenvalue weighted by Crippen LogP contribution is -2.32. The highest BCUT2D eigenvalue weighted by Crippen LogP contribution is 2.27. The summed E-state index contributed by atoms with van der Waals surface area (Å²) in [5.41, 5.74) is 1.06. The lowest BCUT2D eigenvalue weighted by molar-refractivity contribution is -0.124. The summed E-state index contributed by atoms with van der Waals surface area (Å²) in [4.78, 5) is 36.8. The minimum atomic E-state index is -0.984. The van der Waals surface area contributed by atoms with Crippen molar-refractivity contribution < 1.29 is 23.8 Å². The van der Waals surface area contributed by atoms with Gasteiger partial charge in [-0.1, -0.05) is 17.7 Å². The molecule has 0 saturated carbocycles. The Labute approximate surface area is 201 Å². The van der Waals surface area contributed by atoms with E-state index < -0.39 is 29.6 Å². The summed E-state index contributed by atoms with van der Waals surface area (Å²) >= 11 is 5.91. The monoisotopic (exact) mass is 485 g/mol. The van der Waals surface area contributed by atoms with Crippen molar-refractivity contribution in [2.24, 2.45) is 0 Å². The van der Waals surface area contributed by atoms with E-state index in [-0.39, 0.29) is 0 Å². The van der Waals surface area contributed by atoms with Crippen molar-refractivity contribution in [3.8, 4) is 17.2 Å². The van der Waals surface area contributed by atoms with Crippen LogP contribution in [0.4, 0.5) is 0 Å². The predicted octanol–water partition coefficient (Wildman–Crippen LogP) is 2.73. The van der Waals surface area contributed by atoms with Crippen LogP contribution in [0.25, 0.3) is 5.69 Å². The van der Waals surface area contributed by atoms with E-state index in [0.29, 0.717) is 40.9 Å². The molecular weight excluding hydrogens is 462 g/mol. The fraction of sp³-hybridized carbons (Fsp3) is 0.250. The zero-order valence-corrected chi connectivity index (χ0v) is 19.7. The second-order valence-corrected chi connectivity index (χ2v) is 7.69. The van der Waals surface area contributed by atoms with E-state index >= 15 is 0 Å². The molecule has 9 nitrogen and oxygen atoms in total. The predicted molar refractivity (Wildman–Crippen MR) is 126 cm³/mol. The van der Waals surface area contributed by atoms with Gasteiger partial charge >= 0.3 is 5.97 Å². The molecule has 3 rings (SSSR count). The molecule has 0 saturated heterocycles. The summed E-state index contributed by atoms with van der Waals surface area (Å²) in [6, 6.07) is 13.5. The minimum Gasteiger partial charge on any atom is -0.493 e. The summed E-state index contributed by atoms with van der Waals surface area (Å²) < 4.78 is 16.9. The molecule has 0 atom stereocenters. The van der Waals surface area contributed by atoms with Gasteiger partial charge in [0.05, 0.1) is 19.9 Å². The van der Waals surface area contributed by atoms with Gasteiger partial charge in [0.1, 0.15) is 0 Å². The summed E-state index contributed by atoms with van der Waals surface area (Å²) in [6.45, 7) is 1.46. The van der Waals surface area contributed by atoms with Crippen LogP contribution in [0.15, 0.2) is 53.3 Å². The first-order valence-corrected chi connectivity index (χ1v) is 10.7. The number of nitrogens with one attached hydrogen (secondary N) is 1. The van der Waals surface area contributed by atoms with E-state index in [9.17, 15) is 14.4 Å². The lowest BCUT2D eigenvalue weighted by Gasteiger charge is -2.11. The van der Waals surface area contributed by atoms with Gasteiger partial charge in [-0.15, -0.1) is 0 Å². The maximum Gasteiger partial charge on any atom is 0.363 e. The van der Waals surface area contributed by atoms with Crippen molar-refractivity contribution >= 4 is 23.5 Å². The largest absolute Gasteiger partial charge is 0.493 e. The van der Waals surface area contributed by atoms with Gasteiger partial charge in [0, 0.05) is 23.3 Å². The standard InChI is InChI=1S/C24H24ClN3O6/c1-15-12-19(29)23(27-28(15)18-7-5-17(25)6-8-18)24(31)34-14-22(30)26-11-10-16-4-9-20(32-2)21(13-16)33-3/h4-9,12-13H,10-11,14H2,1-3H3,(H,26,30). The highest BCUT2D eigenvalue weighted by Gasteiger charge is 2.18. The maximum atomic E-state index is 12.4. The number of aryl methyl sites for hydroxylation is 1. The van der Waals surface area contributed by atoms with Crippen LogP contribution in [-0.2, 0) is 16.0 Å². The fourth-order valence-electron chi connectivity index (χ4n) is 3.17. The average Bonchev–Trinajstić information content (AvgIpc) is 2.83. The normalized spacial score (nSPS) is 10.5. The Hall–Kier alpha value is -3.85. The molecule has 0 fully saturated rings. The van der Waals surface area contributed by atoms with E-state index in [4.69, 9.17) is 25.8 Å². The SMILES string of the molecule is COc1ccc(CCNC(=O)COC(=O)c2nn(-c3ccc(Cl)cc3)c(C)cc2=O)cc1OC. The molecule has 1 heterocycles. The number of nitrogens with zero attached hydrogens (tertiary/aromatic N) is 2. The molecule has 34 heavy (non-hydrogen) atoms. The van der Waals surface area contributed by atoms with Crippen LogP contribution in [0.2, 0.25) is 5.02 Å². The van der Waals surface area contributed by atoms with Gasteiger partial charge in [0.25, 0.3) is 5.91 Å². The molecule has 3 aromatic rings. The highest BCUT2D eigenvalue weighted by molar-refractivity contribution is 6.30. The van der Waals surface area contributed by atoms with E-state index in [0.717, 1.165) is 5.56 Å². The number of ether oxygens (including phenoxy) is 3. The van der Waals surface area contributed by atoms with Crippen molar-refractivity contribution in [3.63, 3.8) is 0 Å². The van der Waals surface area contributed by atoms with Gasteiger partial charge in [0.2, 0.25) is 11.1 Å². The van der Waals surface area contributed by atoms with Crippen LogP contribution < -0.4 is 20.2 Å². The Morgan fingerprint density at radius 3 is 2.41 bits per heavy atom. The molecule has 0 spiro atoms. The third-order valence-electron chi connectivity index (χ3n) is 4.89. The number of halogens is 1. The topological polar surface area (TPSA) is 109 Å². The van der Waals surface area contributed by atoms with E-state index in [1.807, 2.05) is 12.1 Å². The molecule has 0 aliphatic rings. The van der Waals surface area contributed by atoms with Gasteiger partial charge in [-0.3, -0.25) is 9.59 Å². The number of benzene rings is 2. The summed E-state index contributed by atoms with van der Waals surface area (Å²) in [6.07, 6.45) is 0.533. The number of carbonyl (C=O) groups excluding carboxylic acids is 2. The van der Waals surface area contributed by atoms with Crippen LogP contribution in [0.3, 0.4) is 0 Å². The molecule has 2 aromatic carbocycles. The summed E-state index contributed by atoms with van der Waals surface area (Å²) in [5, 5.41) is 7.32. The van der Waals surface area contributed by atoms with Crippen molar-refractivity contribution in [3.05, 3.63) is 80.7 Å². The molecule has 10 heteroatoms. The molecule has 1 aromatic heterocycles. The third kappa shape index (κ3) is 6.14. The van der Waals surface area contributed by atoms with Crippen molar-refractivity contribution in [1.29, 1.82) is 0 Å². The number of esters is 1. The zero-order valence-electron chi connectivity index (χ0n) is 19.0. The molecule has 0 radical (unpaired) electrons. The van der Waals surface area contributed by atoms with Gasteiger partial charge in [0.15, 0.2) is 18.1 Å². The lowest BCUT2D eigenvalue weighted by atomic mass is 10.1. The number of rotatable bonds is 9. The molecule has 0 aliphatic carbocycles. The number of methoxy groups -OCH3 is 2. The van der Waals surface area contributed by atoms with E-state index in [2.05, 4.69) is 10.4 Å². The van der Waals surface area contributed by atoms with Gasteiger partial charge in [-0.05, 0) is 55.3 Å². The Bertz CT molecular complexity index is 1240. The van der Waals surface area contributed by atoms with Crippen molar-refractivity contribution in [2.75, 3.05) is 27.4 Å². The van der Waals surface area contributed by atoms with Crippen molar-refractivity contribution in [1.82, 2.24) is 15.1 Å². The maximum absolute atomic E-state index is 12.4. The van der Waals surface area contributed by atoms with Gasteiger partial charge in [-0.2, -0.15) is 5.10 Å². The van der Waals surface area contributed by atoms with Crippen LogP contribution in [-0.4, -0.2) is 49.0 Å². The second kappa shape index (κ2) is 11.3. The van der Waals surface area contributed by atoms with Crippen molar-refractivity contribution in [2.45, 2.75) is 13.3 Å². The summed E-state index contributed by atoms with van der Waals surface area (Å²) in [5.74, 6) is -0.279. The number of hydrogen-bond acceptors (Lipinski definition) is 7. The van der Waals surface area contributed by atoms with Crippen LogP contribution in [0.1, 0.15) is 21.7 Å². The first-order valence-electron chi connectivity index (χ1n) is 10.3. The Morgan fingerprint density at radius 2 is 1.74 bits per heavy atom. The Kier molecular flexibility index (Phi) is 8.26. The van der Waals surface area contributed by atoms with E-state index in [1.54, 1.807) is 51.5 Å². The fourth-order valence-corrected chi connectivity index (χ4v) is 3.29. The quantitative estimate of drug-likeness (QED) is 0.464. The second-order valence-electron chi connectivity index (χ2n) is 7.25. The Morgan fingerprint density at radius 1 is 1.03 bits per heavy atom. The molecule has 0 bridgehead atoms. The number of amides is 1. The minimum absolute atomic E-state index is 0.317. The average molecular weight is 486 g/mol. The zero-order chi connectivity index (χ0) is 24.7. The molecule has 0 unspecified atom stereocenters. The number of carbonyl (C=O) groups is 2. The number of aromatic nitrogens is 2.